The molecule has 13 heteroatoms. The average Bonchev–Trinajstić information content (AvgIpc) is 3.53. The van der Waals surface area contributed by atoms with Crippen molar-refractivity contribution in [1.82, 2.24) is 29.9 Å². The lowest BCUT2D eigenvalue weighted by Crippen LogP contribution is -2.13. The molecule has 3 N–H and O–H groups in total. The summed E-state index contributed by atoms with van der Waals surface area (Å²) < 4.78 is 13.4. The van der Waals surface area contributed by atoms with Gasteiger partial charge in [0.2, 0.25) is 17.8 Å². The Morgan fingerprint density at radius 2 is 0.654 bits per heavy atom. The van der Waals surface area contributed by atoms with E-state index in [1.54, 1.807) is 6.07 Å². The van der Waals surface area contributed by atoms with Gasteiger partial charge in [-0.3, -0.25) is 0 Å². The number of aromatic nitrogens is 6. The van der Waals surface area contributed by atoms with Crippen molar-refractivity contribution < 1.29 is 4.39 Å². The van der Waals surface area contributed by atoms with Gasteiger partial charge in [-0.15, -0.1) is 0 Å². The van der Waals surface area contributed by atoms with Gasteiger partial charge in [-0.25, -0.2) is 19.3 Å². The Morgan fingerprint density at radius 3 is 1.05 bits per heavy atom. The molecular weight excluding hydrogens is 968 g/mol. The number of nitrogens with one attached hydrogen (secondary N) is 3. The van der Waals surface area contributed by atoms with E-state index in [0.717, 1.165) is 95.4 Å². The van der Waals surface area contributed by atoms with Gasteiger partial charge in [0.15, 0.2) is 0 Å². The largest absolute Gasteiger partial charge is 0.329 e. The quantitative estimate of drug-likeness (QED) is 0.108. The van der Waals surface area contributed by atoms with Crippen molar-refractivity contribution in [2.24, 2.45) is 0 Å². The van der Waals surface area contributed by atoms with Crippen LogP contribution in [-0.2, 0) is 0 Å². The fraction of sp³-hybridized carbons (Fsp3) is 0.0769. The zero-order chi connectivity index (χ0) is 53.8. The smallest absolute Gasteiger partial charge is 0.229 e. The number of fused-ring (bicyclic) bond motifs is 3. The molecule has 0 radical (unpaired) electrons. The molecule has 3 aromatic heterocycles. The Labute approximate surface area is 453 Å². The average molecular weight is 1030 g/mol. The van der Waals surface area contributed by atoms with Crippen LogP contribution in [0, 0.1) is 19.7 Å². The Morgan fingerprint density at radius 1 is 0.321 bits per heavy atom. The minimum Gasteiger partial charge on any atom is -0.329 e. The Kier molecular flexibility index (Phi) is 15.7. The van der Waals surface area contributed by atoms with E-state index in [2.05, 4.69) is 85.1 Å². The second-order valence-electron chi connectivity index (χ2n) is 18.4. The standard InChI is InChI=1S/C22H19FN4.C22H20N4.C21H18N4/c1-15-14-16(23)12-13-19(15)24-22-25-20-11-7-6-10-18(20)21(26-22)27(2)17-8-4-3-5-9-17;1-16-10-6-8-14-19(16)23-22-24-20-15-9-7-13-18(20)21(25-22)26(2)17-11-4-3-5-12-17;1-25(17-12-6-3-7-13-17)20-18-14-8-9-15-19(18)23-21(24-20)22-16-10-4-2-5-11-16/h3-14H,1-2H3,(H,24,25,26);3-15H,1-2H3,(H,23,24,25);2-15H,1H3,(H,22,23,24). The van der Waals surface area contributed by atoms with E-state index in [4.69, 9.17) is 19.9 Å². The number of aryl methyl sites for hydroxylation is 2. The van der Waals surface area contributed by atoms with Crippen molar-refractivity contribution >= 4 is 102 Å². The highest BCUT2D eigenvalue weighted by Crippen LogP contribution is 2.34. The number of halogens is 1. The molecule has 0 aliphatic rings. The molecule has 0 spiro atoms. The lowest BCUT2D eigenvalue weighted by molar-refractivity contribution is 0.627. The summed E-state index contributed by atoms with van der Waals surface area (Å²) >= 11 is 0. The van der Waals surface area contributed by atoms with Crippen LogP contribution < -0.4 is 30.7 Å². The second-order valence-corrected chi connectivity index (χ2v) is 18.4. The molecule has 9 aromatic carbocycles. The summed E-state index contributed by atoms with van der Waals surface area (Å²) in [6.45, 7) is 3.92. The SMILES string of the molecule is CN(c1ccccc1)c1nc(Nc2ccccc2)nc2ccccc12.Cc1cc(F)ccc1Nc1nc(N(C)c2ccccc2)c2ccccc2n1.Cc1ccccc1Nc1nc(N(C)c2ccccc2)c2ccccc2n1. The van der Waals surface area contributed by atoms with Crippen molar-refractivity contribution in [1.29, 1.82) is 0 Å². The van der Waals surface area contributed by atoms with Gasteiger partial charge in [0, 0.05) is 71.4 Å². The van der Waals surface area contributed by atoms with Crippen molar-refractivity contribution in [2.45, 2.75) is 13.8 Å². The highest BCUT2D eigenvalue weighted by atomic mass is 19.1. The monoisotopic (exact) mass is 1020 g/mol. The summed E-state index contributed by atoms with van der Waals surface area (Å²) in [6.07, 6.45) is 0. The lowest BCUT2D eigenvalue weighted by atomic mass is 10.2. The van der Waals surface area contributed by atoms with E-state index in [0.29, 0.717) is 17.8 Å². The van der Waals surface area contributed by atoms with E-state index < -0.39 is 0 Å². The van der Waals surface area contributed by atoms with E-state index >= 15 is 0 Å². The van der Waals surface area contributed by atoms with Crippen LogP contribution in [0.25, 0.3) is 32.7 Å². The maximum atomic E-state index is 13.4. The maximum Gasteiger partial charge on any atom is 0.229 e. The molecule has 384 valence electrons. The third-order valence-corrected chi connectivity index (χ3v) is 13.0. The van der Waals surface area contributed by atoms with Crippen LogP contribution in [-0.4, -0.2) is 51.0 Å². The van der Waals surface area contributed by atoms with Gasteiger partial charge in [0.05, 0.1) is 16.6 Å². The Bertz CT molecular complexity index is 3940. The van der Waals surface area contributed by atoms with Crippen molar-refractivity contribution in [3.8, 4) is 0 Å². The lowest BCUT2D eigenvalue weighted by Gasteiger charge is -2.21. The fourth-order valence-electron chi connectivity index (χ4n) is 8.81. The first-order chi connectivity index (χ1) is 38.1. The molecule has 12 rings (SSSR count). The fourth-order valence-corrected chi connectivity index (χ4v) is 8.81. The maximum absolute atomic E-state index is 13.4. The summed E-state index contributed by atoms with van der Waals surface area (Å²) in [5.41, 5.74) is 10.6. The topological polar surface area (TPSA) is 123 Å². The highest BCUT2D eigenvalue weighted by Gasteiger charge is 2.17. The summed E-state index contributed by atoms with van der Waals surface area (Å²) in [4.78, 5) is 34.5. The number of rotatable bonds is 12. The van der Waals surface area contributed by atoms with Gasteiger partial charge in [-0.1, -0.05) is 127 Å². The predicted octanol–water partition coefficient (Wildman–Crippen LogP) is 16.2. The molecule has 0 amide bonds. The first-order valence-electron chi connectivity index (χ1n) is 25.5. The molecule has 3 heterocycles. The number of para-hydroxylation sites is 8. The van der Waals surface area contributed by atoms with E-state index in [1.165, 1.54) is 12.1 Å². The molecule has 0 bridgehead atoms. The van der Waals surface area contributed by atoms with Crippen LogP contribution in [0.3, 0.4) is 0 Å². The summed E-state index contributed by atoms with van der Waals surface area (Å²) in [6, 6.07) is 77.2. The Balaban J connectivity index is 0.000000132. The van der Waals surface area contributed by atoms with Gasteiger partial charge in [-0.05, 0) is 134 Å². The zero-order valence-corrected chi connectivity index (χ0v) is 43.9. The molecule has 0 fully saturated rings. The number of anilines is 12. The molecule has 0 unspecified atom stereocenters. The van der Waals surface area contributed by atoms with Gasteiger partial charge in [0.25, 0.3) is 0 Å². The molecule has 78 heavy (non-hydrogen) atoms. The van der Waals surface area contributed by atoms with Crippen LogP contribution in [0.1, 0.15) is 11.1 Å². The van der Waals surface area contributed by atoms with Crippen LogP contribution in [0.2, 0.25) is 0 Å². The van der Waals surface area contributed by atoms with Gasteiger partial charge < -0.3 is 30.7 Å². The third-order valence-electron chi connectivity index (χ3n) is 13.0. The number of hydrogen-bond donors (Lipinski definition) is 3. The number of nitrogens with zero attached hydrogens (tertiary/aromatic N) is 9. The van der Waals surface area contributed by atoms with Crippen molar-refractivity contribution in [3.05, 3.63) is 254 Å². The predicted molar refractivity (Wildman–Crippen MR) is 321 cm³/mol. The first-order valence-corrected chi connectivity index (χ1v) is 25.5. The van der Waals surface area contributed by atoms with Crippen molar-refractivity contribution in [2.75, 3.05) is 51.8 Å². The van der Waals surface area contributed by atoms with E-state index in [9.17, 15) is 4.39 Å². The summed E-state index contributed by atoms with van der Waals surface area (Å²) in [5.74, 6) is 3.93. The first kappa shape index (κ1) is 51.2. The minimum atomic E-state index is -0.262. The normalized spacial score (nSPS) is 10.7. The second kappa shape index (κ2) is 23.9. The summed E-state index contributed by atoms with van der Waals surface area (Å²) in [7, 11) is 6.04. The molecule has 12 nitrogen and oxygen atoms in total. The van der Waals surface area contributed by atoms with Crippen LogP contribution in [0.4, 0.5) is 73.8 Å². The zero-order valence-electron chi connectivity index (χ0n) is 43.9. The molecule has 0 aliphatic carbocycles. The summed E-state index contributed by atoms with van der Waals surface area (Å²) in [5, 5.41) is 12.9. The van der Waals surface area contributed by atoms with Gasteiger partial charge in [0.1, 0.15) is 23.3 Å². The minimum absolute atomic E-state index is 0.262. The molecule has 0 atom stereocenters. The number of benzene rings is 9. The molecule has 0 saturated carbocycles. The van der Waals surface area contributed by atoms with Gasteiger partial charge >= 0.3 is 0 Å². The van der Waals surface area contributed by atoms with Gasteiger partial charge in [-0.2, -0.15) is 15.0 Å². The van der Waals surface area contributed by atoms with Crippen molar-refractivity contribution in [3.63, 3.8) is 0 Å². The number of hydrogen-bond acceptors (Lipinski definition) is 12. The Hall–Kier alpha value is -10.3. The molecular formula is C65H57FN12. The van der Waals surface area contributed by atoms with E-state index in [1.807, 2.05) is 209 Å². The molecule has 12 aromatic rings. The van der Waals surface area contributed by atoms with Crippen LogP contribution in [0.15, 0.2) is 237 Å². The molecule has 0 saturated heterocycles. The van der Waals surface area contributed by atoms with Crippen LogP contribution >= 0.6 is 0 Å². The highest BCUT2D eigenvalue weighted by molar-refractivity contribution is 5.95. The third kappa shape index (κ3) is 12.1. The van der Waals surface area contributed by atoms with Crippen LogP contribution in [0.5, 0.6) is 0 Å². The van der Waals surface area contributed by atoms with E-state index in [-0.39, 0.29) is 5.82 Å². The molecule has 0 aliphatic heterocycles.